The van der Waals surface area contributed by atoms with Crippen molar-refractivity contribution in [3.8, 4) is 0 Å². The van der Waals surface area contributed by atoms with E-state index < -0.39 is 70.6 Å². The summed E-state index contributed by atoms with van der Waals surface area (Å²) in [5.41, 5.74) is 11.3. The third-order valence-corrected chi connectivity index (χ3v) is 7.76. The first-order valence-electron chi connectivity index (χ1n) is 7.85. The van der Waals surface area contributed by atoms with Gasteiger partial charge in [-0.25, -0.2) is 18.1 Å². The third-order valence-electron chi connectivity index (χ3n) is 3.68. The van der Waals surface area contributed by atoms with E-state index >= 15 is 0 Å². The van der Waals surface area contributed by atoms with Crippen LogP contribution in [0.2, 0.25) is 0 Å². The fraction of sp³-hybridized carbons (Fsp3) is 0.556. The van der Waals surface area contributed by atoms with Crippen LogP contribution in [0.1, 0.15) is 6.23 Å². The van der Waals surface area contributed by atoms with Gasteiger partial charge in [-0.2, -0.15) is 13.6 Å². The number of anilines is 1. The van der Waals surface area contributed by atoms with E-state index in [-0.39, 0.29) is 0 Å². The molecule has 8 N–H and O–H groups in total. The second-order valence-electron chi connectivity index (χ2n) is 6.01. The van der Waals surface area contributed by atoms with Crippen LogP contribution in [0.3, 0.4) is 0 Å². The largest absolute Gasteiger partial charge is 0.490 e. The van der Waals surface area contributed by atoms with Gasteiger partial charge < -0.3 is 40.3 Å². The lowest BCUT2D eigenvalue weighted by Crippen LogP contribution is -2.44. The predicted molar refractivity (Wildman–Crippen MR) is 101 cm³/mol. The Bertz CT molecular complexity index is 1170. The first-order valence-corrected chi connectivity index (χ1v) is 12.8. The van der Waals surface area contributed by atoms with Crippen molar-refractivity contribution in [2.45, 2.75) is 24.2 Å². The molecule has 1 aliphatic heterocycles. The number of azide groups is 1. The average molecular weight is 558 g/mol. The molecule has 1 aromatic heterocycles. The first-order chi connectivity index (χ1) is 14.9. The number of nitrogen functional groups attached to an aromatic ring is 1. The molecule has 0 radical (unpaired) electrons. The first kappa shape index (κ1) is 27.9. The lowest BCUT2D eigenvalue weighted by atomic mass is 10.1. The number of halogens is 1. The van der Waals surface area contributed by atoms with E-state index in [0.29, 0.717) is 10.8 Å². The highest BCUT2D eigenvalue weighted by Crippen LogP contribution is 2.66. The zero-order chi connectivity index (χ0) is 25.4. The molecule has 1 fully saturated rings. The summed E-state index contributed by atoms with van der Waals surface area (Å²) in [6.07, 6.45) is -5.48. The van der Waals surface area contributed by atoms with Gasteiger partial charge in [-0.1, -0.05) is 5.11 Å². The van der Waals surface area contributed by atoms with Crippen molar-refractivity contribution in [3.05, 3.63) is 27.2 Å². The Kier molecular flexibility index (Phi) is 8.20. The van der Waals surface area contributed by atoms with E-state index in [4.69, 9.17) is 42.9 Å². The maximum absolute atomic E-state index is 13.8. The number of hydrogen-bond donors (Lipinski definition) is 7. The molecule has 0 bridgehead atoms. The maximum Gasteiger partial charge on any atom is 0.490 e. The van der Waals surface area contributed by atoms with E-state index in [1.807, 2.05) is 0 Å². The van der Waals surface area contributed by atoms with Crippen molar-refractivity contribution in [3.63, 3.8) is 0 Å². The SMILES string of the molecule is [N-]=[N+]=NC1(COP(=O)(O)OP(=O)(O)OP(=O)(O)O)O[C@@H](n2cc(F)c(N)nc2=S)C(O)[C@H]1O. The fourth-order valence-corrected chi connectivity index (χ4v) is 5.71. The van der Waals surface area contributed by atoms with Gasteiger partial charge in [0, 0.05) is 11.1 Å². The van der Waals surface area contributed by atoms with Crippen LogP contribution >= 0.6 is 35.7 Å². The van der Waals surface area contributed by atoms with Gasteiger partial charge in [-0.05, 0) is 17.7 Å². The highest BCUT2D eigenvalue weighted by Gasteiger charge is 2.56. The minimum atomic E-state index is -5.88. The zero-order valence-electron chi connectivity index (χ0n) is 15.5. The molecular formula is C9H14FN6O13P3S. The Morgan fingerprint density at radius 3 is 2.45 bits per heavy atom. The molecule has 1 aliphatic rings. The number of nitrogens with two attached hydrogens (primary N) is 1. The van der Waals surface area contributed by atoms with E-state index in [1.165, 1.54) is 0 Å². The lowest BCUT2D eigenvalue weighted by molar-refractivity contribution is -0.122. The fourth-order valence-electron chi connectivity index (χ4n) is 2.42. The topological polar surface area (TPSA) is 302 Å². The zero-order valence-corrected chi connectivity index (χ0v) is 19.0. The second kappa shape index (κ2) is 9.71. The van der Waals surface area contributed by atoms with Crippen LogP contribution in [-0.2, 0) is 31.6 Å². The Hall–Kier alpha value is -1.37. The normalized spacial score (nSPS) is 29.1. The molecule has 0 spiro atoms. The molecule has 33 heavy (non-hydrogen) atoms. The molecular weight excluding hydrogens is 544 g/mol. The number of phosphoric ester groups is 1. The van der Waals surface area contributed by atoms with Gasteiger partial charge >= 0.3 is 23.5 Å². The van der Waals surface area contributed by atoms with Crippen LogP contribution in [0, 0.1) is 10.6 Å². The molecule has 1 saturated heterocycles. The molecule has 0 aliphatic carbocycles. The summed E-state index contributed by atoms with van der Waals surface area (Å²) in [5, 5.41) is 23.7. The van der Waals surface area contributed by atoms with E-state index in [9.17, 15) is 33.2 Å². The van der Waals surface area contributed by atoms with Crippen LogP contribution in [0.15, 0.2) is 11.3 Å². The minimum absolute atomic E-state index is 0.463. The summed E-state index contributed by atoms with van der Waals surface area (Å²) in [7, 11) is -17.3. The van der Waals surface area contributed by atoms with Crippen LogP contribution in [-0.4, -0.2) is 63.9 Å². The number of aliphatic hydroxyl groups is 2. The molecule has 0 saturated carbocycles. The summed E-state index contributed by atoms with van der Waals surface area (Å²) in [5.74, 6) is -1.73. The highest BCUT2D eigenvalue weighted by atomic mass is 32.1. The Labute approximate surface area is 186 Å². The number of aliphatic hydroxyl groups excluding tert-OH is 2. The smallest absolute Gasteiger partial charge is 0.387 e. The van der Waals surface area contributed by atoms with Gasteiger partial charge in [-0.15, -0.1) is 0 Å². The quantitative estimate of drug-likeness (QED) is 0.0686. The van der Waals surface area contributed by atoms with E-state index in [1.54, 1.807) is 0 Å². The Morgan fingerprint density at radius 1 is 1.30 bits per heavy atom. The standard InChI is InChI=1S/C9H14FN6O13P3S/c10-3-1-16(8(33)13-6(3)11)7-4(17)5(18)9(27-7,14-15-12)2-26-31(22,23)29-32(24,25)28-30(19,20)21/h1,4-5,7,17-18H,2H2,(H,22,23)(H,24,25)(H2,11,13,33)(H2,19,20,21)/t4?,5-,7-,9?/m1/s1. The van der Waals surface area contributed by atoms with Crippen LogP contribution in [0.5, 0.6) is 0 Å². The van der Waals surface area contributed by atoms with E-state index in [0.717, 1.165) is 0 Å². The van der Waals surface area contributed by atoms with Gasteiger partial charge in [0.1, 0.15) is 12.2 Å². The van der Waals surface area contributed by atoms with Gasteiger partial charge in [-0.3, -0.25) is 9.09 Å². The second-order valence-corrected chi connectivity index (χ2v) is 10.8. The van der Waals surface area contributed by atoms with Crippen molar-refractivity contribution in [2.24, 2.45) is 5.11 Å². The Balaban J connectivity index is 2.31. The average Bonchev–Trinajstić information content (AvgIpc) is 2.86. The number of hydrogen-bond acceptors (Lipinski definition) is 13. The van der Waals surface area contributed by atoms with Crippen LogP contribution < -0.4 is 5.73 Å². The van der Waals surface area contributed by atoms with E-state index in [2.05, 4.69) is 28.2 Å². The molecule has 1 aromatic rings. The van der Waals surface area contributed by atoms with Gasteiger partial charge in [0.05, 0.1) is 6.61 Å². The van der Waals surface area contributed by atoms with Crippen LogP contribution in [0.4, 0.5) is 10.2 Å². The molecule has 19 nitrogen and oxygen atoms in total. The van der Waals surface area contributed by atoms with Crippen molar-refractivity contribution in [1.82, 2.24) is 9.55 Å². The number of ether oxygens (including phenoxy) is 1. The summed E-state index contributed by atoms with van der Waals surface area (Å²) in [6.45, 7) is -1.46. The molecule has 2 rings (SSSR count). The molecule has 24 heteroatoms. The minimum Gasteiger partial charge on any atom is -0.387 e. The van der Waals surface area contributed by atoms with Crippen molar-refractivity contribution >= 4 is 41.5 Å². The highest BCUT2D eigenvalue weighted by molar-refractivity contribution is 7.71. The molecule has 6 atom stereocenters. The van der Waals surface area contributed by atoms with Gasteiger partial charge in [0.2, 0.25) is 10.5 Å². The van der Waals surface area contributed by atoms with Crippen molar-refractivity contribution < 1.29 is 65.8 Å². The third kappa shape index (κ3) is 6.83. The molecule has 0 aromatic carbocycles. The van der Waals surface area contributed by atoms with Crippen LogP contribution in [0.25, 0.3) is 10.4 Å². The summed E-state index contributed by atoms with van der Waals surface area (Å²) in [6, 6.07) is 0. The lowest BCUT2D eigenvalue weighted by Gasteiger charge is -2.27. The molecule has 4 unspecified atom stereocenters. The molecule has 186 valence electrons. The number of aromatic nitrogens is 2. The Morgan fingerprint density at radius 2 is 1.91 bits per heavy atom. The maximum atomic E-state index is 13.8. The monoisotopic (exact) mass is 558 g/mol. The summed E-state index contributed by atoms with van der Waals surface area (Å²) >= 11 is 4.85. The predicted octanol–water partition coefficient (Wildman–Crippen LogP) is -0.0656. The number of phosphoric acid groups is 3. The van der Waals surface area contributed by atoms with Crippen molar-refractivity contribution in [2.75, 3.05) is 12.3 Å². The summed E-state index contributed by atoms with van der Waals surface area (Å²) in [4.78, 5) is 41.5. The number of rotatable bonds is 9. The summed E-state index contributed by atoms with van der Waals surface area (Å²) < 4.78 is 64.5. The number of nitrogens with zero attached hydrogens (tertiary/aromatic N) is 5. The van der Waals surface area contributed by atoms with Gasteiger partial charge in [0.25, 0.3) is 0 Å². The van der Waals surface area contributed by atoms with Gasteiger partial charge in [0.15, 0.2) is 17.9 Å². The van der Waals surface area contributed by atoms with Crippen molar-refractivity contribution in [1.29, 1.82) is 0 Å². The molecule has 0 amide bonds. The molecule has 2 heterocycles.